The van der Waals surface area contributed by atoms with Gasteiger partial charge in [-0.3, -0.25) is 4.57 Å². The number of aromatic nitrogens is 2. The predicted octanol–water partition coefficient (Wildman–Crippen LogP) is 11.8. The molecular formula is C45H36N2. The van der Waals surface area contributed by atoms with Gasteiger partial charge in [-0.05, 0) is 109 Å². The SMILES string of the molecule is CCc1nc2cc(C)ccc2n1-c1ccc(-c2c3ccccc3c(-c3ccc4c(c3)C(C)(C)c3ccccc3-4)c3ccccc23)cc1. The fourth-order valence-electron chi connectivity index (χ4n) is 8.15. The summed E-state index contributed by atoms with van der Waals surface area (Å²) in [7, 11) is 0. The van der Waals surface area contributed by atoms with Crippen LogP contribution < -0.4 is 0 Å². The molecule has 226 valence electrons. The average Bonchev–Trinajstić information content (AvgIpc) is 3.58. The highest BCUT2D eigenvalue weighted by Gasteiger charge is 2.35. The fraction of sp³-hybridized carbons (Fsp3) is 0.133. The van der Waals surface area contributed by atoms with Gasteiger partial charge in [-0.1, -0.05) is 124 Å². The summed E-state index contributed by atoms with van der Waals surface area (Å²) in [6, 6.07) is 49.6. The van der Waals surface area contributed by atoms with Gasteiger partial charge in [0.15, 0.2) is 0 Å². The van der Waals surface area contributed by atoms with E-state index in [2.05, 4.69) is 166 Å². The van der Waals surface area contributed by atoms with Crippen LogP contribution in [0, 0.1) is 6.92 Å². The maximum absolute atomic E-state index is 4.97. The van der Waals surface area contributed by atoms with Crippen molar-refractivity contribution < 1.29 is 0 Å². The second-order valence-electron chi connectivity index (χ2n) is 13.5. The molecule has 0 N–H and O–H groups in total. The second-order valence-corrected chi connectivity index (χ2v) is 13.5. The molecule has 0 spiro atoms. The van der Waals surface area contributed by atoms with Crippen LogP contribution in [0.3, 0.4) is 0 Å². The number of aryl methyl sites for hydroxylation is 2. The van der Waals surface area contributed by atoms with Crippen molar-refractivity contribution in [2.45, 2.75) is 39.5 Å². The lowest BCUT2D eigenvalue weighted by Gasteiger charge is -2.23. The summed E-state index contributed by atoms with van der Waals surface area (Å²) < 4.78 is 2.31. The molecule has 0 unspecified atom stereocenters. The zero-order chi connectivity index (χ0) is 31.9. The van der Waals surface area contributed by atoms with Crippen molar-refractivity contribution in [1.29, 1.82) is 0 Å². The quantitative estimate of drug-likeness (QED) is 0.183. The zero-order valence-electron chi connectivity index (χ0n) is 27.3. The largest absolute Gasteiger partial charge is 0.296 e. The molecule has 0 radical (unpaired) electrons. The summed E-state index contributed by atoms with van der Waals surface area (Å²) in [5.74, 6) is 1.08. The predicted molar refractivity (Wildman–Crippen MR) is 199 cm³/mol. The Morgan fingerprint density at radius 1 is 0.574 bits per heavy atom. The highest BCUT2D eigenvalue weighted by Crippen LogP contribution is 2.51. The topological polar surface area (TPSA) is 17.8 Å². The van der Waals surface area contributed by atoms with Crippen molar-refractivity contribution in [3.8, 4) is 39.1 Å². The van der Waals surface area contributed by atoms with Crippen LogP contribution in [-0.2, 0) is 11.8 Å². The average molecular weight is 605 g/mol. The summed E-state index contributed by atoms with van der Waals surface area (Å²) in [5, 5.41) is 5.11. The minimum absolute atomic E-state index is 0.0493. The third kappa shape index (κ3) is 4.07. The van der Waals surface area contributed by atoms with Gasteiger partial charge in [0.05, 0.1) is 11.0 Å². The van der Waals surface area contributed by atoms with Crippen molar-refractivity contribution in [2.75, 3.05) is 0 Å². The van der Waals surface area contributed by atoms with Crippen LogP contribution >= 0.6 is 0 Å². The Balaban J connectivity index is 1.24. The lowest BCUT2D eigenvalue weighted by molar-refractivity contribution is 0.660. The Morgan fingerprint density at radius 2 is 1.15 bits per heavy atom. The van der Waals surface area contributed by atoms with Crippen LogP contribution in [0.2, 0.25) is 0 Å². The Hall–Kier alpha value is -5.47. The molecule has 1 aliphatic carbocycles. The molecule has 2 heteroatoms. The standard InChI is InChI=1S/C45H36N2/c1-5-42-46-40-26-28(2)18-25-41(40)47(42)31-22-19-29(20-23-31)43-34-13-6-8-15-36(34)44(37-16-9-7-14-35(37)43)30-21-24-33-32-12-10-11-17-38(32)45(3,4)39(33)27-30/h6-27H,5H2,1-4H3. The third-order valence-corrected chi connectivity index (χ3v) is 10.4. The Kier molecular flexibility index (Phi) is 6.08. The van der Waals surface area contributed by atoms with Gasteiger partial charge in [0.2, 0.25) is 0 Å². The van der Waals surface area contributed by atoms with E-state index < -0.39 is 0 Å². The van der Waals surface area contributed by atoms with Crippen LogP contribution in [0.1, 0.15) is 43.3 Å². The molecule has 0 bridgehead atoms. The van der Waals surface area contributed by atoms with Crippen molar-refractivity contribution >= 4 is 32.6 Å². The van der Waals surface area contributed by atoms with Crippen LogP contribution in [0.15, 0.2) is 133 Å². The molecular weight excluding hydrogens is 569 g/mol. The molecule has 9 rings (SSSR count). The minimum atomic E-state index is -0.0493. The maximum Gasteiger partial charge on any atom is 0.114 e. The summed E-state index contributed by atoms with van der Waals surface area (Å²) in [4.78, 5) is 4.97. The molecule has 0 fully saturated rings. The lowest BCUT2D eigenvalue weighted by Crippen LogP contribution is -2.14. The fourth-order valence-corrected chi connectivity index (χ4v) is 8.15. The third-order valence-electron chi connectivity index (χ3n) is 10.4. The van der Waals surface area contributed by atoms with E-state index in [0.717, 1.165) is 29.0 Å². The van der Waals surface area contributed by atoms with Gasteiger partial charge in [-0.15, -0.1) is 0 Å². The first-order valence-corrected chi connectivity index (χ1v) is 16.7. The molecule has 1 aliphatic rings. The van der Waals surface area contributed by atoms with Gasteiger partial charge in [0.1, 0.15) is 5.82 Å². The van der Waals surface area contributed by atoms with E-state index in [9.17, 15) is 0 Å². The van der Waals surface area contributed by atoms with Crippen LogP contribution in [0.25, 0.3) is 71.6 Å². The number of hydrogen-bond acceptors (Lipinski definition) is 1. The molecule has 0 atom stereocenters. The van der Waals surface area contributed by atoms with Crippen LogP contribution in [-0.4, -0.2) is 9.55 Å². The molecule has 2 nitrogen and oxygen atoms in total. The van der Waals surface area contributed by atoms with Gasteiger partial charge in [0, 0.05) is 17.5 Å². The van der Waals surface area contributed by atoms with Crippen LogP contribution in [0.5, 0.6) is 0 Å². The van der Waals surface area contributed by atoms with Crippen molar-refractivity contribution in [3.05, 3.63) is 156 Å². The Labute approximate surface area is 276 Å². The number of imidazole rings is 1. The molecule has 1 aromatic heterocycles. The van der Waals surface area contributed by atoms with Crippen molar-refractivity contribution in [3.63, 3.8) is 0 Å². The number of benzene rings is 7. The number of fused-ring (bicyclic) bond motifs is 6. The van der Waals surface area contributed by atoms with E-state index in [0.29, 0.717) is 0 Å². The first-order chi connectivity index (χ1) is 22.9. The molecule has 0 saturated heterocycles. The van der Waals surface area contributed by atoms with Gasteiger partial charge >= 0.3 is 0 Å². The lowest BCUT2D eigenvalue weighted by atomic mass is 9.80. The molecule has 7 aromatic carbocycles. The number of rotatable bonds is 4. The maximum atomic E-state index is 4.97. The van der Waals surface area contributed by atoms with Gasteiger partial charge in [-0.2, -0.15) is 0 Å². The summed E-state index contributed by atoms with van der Waals surface area (Å²) in [6.45, 7) is 9.03. The van der Waals surface area contributed by atoms with Gasteiger partial charge in [-0.25, -0.2) is 4.98 Å². The van der Waals surface area contributed by atoms with Gasteiger partial charge in [0.25, 0.3) is 0 Å². The normalized spacial score (nSPS) is 13.4. The van der Waals surface area contributed by atoms with E-state index in [4.69, 9.17) is 4.98 Å². The first kappa shape index (κ1) is 27.8. The van der Waals surface area contributed by atoms with E-state index in [1.54, 1.807) is 0 Å². The van der Waals surface area contributed by atoms with Crippen LogP contribution in [0.4, 0.5) is 0 Å². The number of nitrogens with zero attached hydrogens (tertiary/aromatic N) is 2. The highest BCUT2D eigenvalue weighted by atomic mass is 15.1. The monoisotopic (exact) mass is 604 g/mol. The summed E-state index contributed by atoms with van der Waals surface area (Å²) in [5.41, 5.74) is 15.1. The molecule has 0 saturated carbocycles. The van der Waals surface area contributed by atoms with Gasteiger partial charge < -0.3 is 0 Å². The second kappa shape index (κ2) is 10.3. The zero-order valence-corrected chi connectivity index (χ0v) is 27.3. The molecule has 0 aliphatic heterocycles. The highest BCUT2D eigenvalue weighted by molar-refractivity contribution is 6.21. The minimum Gasteiger partial charge on any atom is -0.296 e. The number of hydrogen-bond donors (Lipinski definition) is 0. The Bertz CT molecular complexity index is 2470. The summed E-state index contributed by atoms with van der Waals surface area (Å²) >= 11 is 0. The molecule has 47 heavy (non-hydrogen) atoms. The van der Waals surface area contributed by atoms with E-state index in [-0.39, 0.29) is 5.41 Å². The molecule has 1 heterocycles. The van der Waals surface area contributed by atoms with Crippen molar-refractivity contribution in [1.82, 2.24) is 9.55 Å². The summed E-state index contributed by atoms with van der Waals surface area (Å²) in [6.07, 6.45) is 0.873. The van der Waals surface area contributed by atoms with E-state index in [1.807, 2.05) is 0 Å². The van der Waals surface area contributed by atoms with Crippen molar-refractivity contribution in [2.24, 2.45) is 0 Å². The molecule has 8 aromatic rings. The molecule has 0 amide bonds. The Morgan fingerprint density at radius 3 is 1.81 bits per heavy atom. The van der Waals surface area contributed by atoms with E-state index in [1.165, 1.54) is 71.6 Å². The first-order valence-electron chi connectivity index (χ1n) is 16.7. The smallest absolute Gasteiger partial charge is 0.114 e. The van der Waals surface area contributed by atoms with E-state index >= 15 is 0 Å².